The minimum Gasteiger partial charge on any atom is -0.369 e. The summed E-state index contributed by atoms with van der Waals surface area (Å²) in [7, 11) is 1.78. The number of fused-ring (bicyclic) bond motifs is 1. The molecule has 2 N–H and O–H groups in total. The first-order valence-corrected chi connectivity index (χ1v) is 16.3. The minimum absolute atomic E-state index is 0.0613. The number of hydrogen-bond acceptors (Lipinski definition) is 6. The van der Waals surface area contributed by atoms with Crippen LogP contribution in [0.25, 0.3) is 11.1 Å². The Hall–Kier alpha value is -3.88. The van der Waals surface area contributed by atoms with Gasteiger partial charge in [0, 0.05) is 66.9 Å². The molecular formula is C35H41N5O2S. The molecule has 1 aliphatic heterocycles. The van der Waals surface area contributed by atoms with Crippen LogP contribution in [0.3, 0.4) is 0 Å². The third kappa shape index (κ3) is 6.40. The summed E-state index contributed by atoms with van der Waals surface area (Å²) >= 11 is 1.62. The Kier molecular flexibility index (Phi) is 8.68. The normalized spacial score (nSPS) is 15.3. The van der Waals surface area contributed by atoms with Gasteiger partial charge < -0.3 is 20.1 Å². The number of piperazine rings is 1. The first-order valence-electron chi connectivity index (χ1n) is 15.5. The van der Waals surface area contributed by atoms with Crippen molar-refractivity contribution in [2.45, 2.75) is 46.0 Å². The van der Waals surface area contributed by atoms with Gasteiger partial charge in [0.25, 0.3) is 11.5 Å². The summed E-state index contributed by atoms with van der Waals surface area (Å²) in [6.45, 7) is 9.67. The average molecular weight is 596 g/mol. The van der Waals surface area contributed by atoms with Gasteiger partial charge in [-0.25, -0.2) is 0 Å². The molecular weight excluding hydrogens is 554 g/mol. The van der Waals surface area contributed by atoms with E-state index in [1.54, 1.807) is 23.0 Å². The number of benzene rings is 2. The highest BCUT2D eigenvalue weighted by Crippen LogP contribution is 2.33. The van der Waals surface area contributed by atoms with Crippen LogP contribution < -0.4 is 21.1 Å². The number of rotatable bonds is 8. The third-order valence-corrected chi connectivity index (χ3v) is 9.96. The van der Waals surface area contributed by atoms with Gasteiger partial charge in [-0.05, 0) is 105 Å². The van der Waals surface area contributed by atoms with Crippen molar-refractivity contribution in [2.24, 2.45) is 7.05 Å². The second-order valence-corrected chi connectivity index (χ2v) is 12.9. The zero-order valence-electron chi connectivity index (χ0n) is 25.4. The number of nitrogens with one attached hydrogen (secondary N) is 2. The number of nitrogens with zero attached hydrogens (tertiary/aromatic N) is 3. The SMILES string of the molecule is CCCN1CCN(c2ccc(Nc3cc(-c4cccc(NC(=O)c5cc6c(s5)CCCC6)c4C)cn(C)c3=O)cc2)CC1. The van der Waals surface area contributed by atoms with Crippen molar-refractivity contribution < 1.29 is 4.79 Å². The summed E-state index contributed by atoms with van der Waals surface area (Å²) in [6.07, 6.45) is 7.59. The number of aryl methyl sites for hydroxylation is 3. The molecule has 0 radical (unpaired) electrons. The average Bonchev–Trinajstić information content (AvgIpc) is 3.46. The van der Waals surface area contributed by atoms with Gasteiger partial charge in [0.05, 0.1) is 4.88 Å². The Morgan fingerprint density at radius 3 is 2.47 bits per heavy atom. The molecule has 224 valence electrons. The highest BCUT2D eigenvalue weighted by Gasteiger charge is 2.19. The van der Waals surface area contributed by atoms with Crippen LogP contribution in [0.1, 0.15) is 51.9 Å². The van der Waals surface area contributed by atoms with Gasteiger partial charge in [0.1, 0.15) is 5.69 Å². The van der Waals surface area contributed by atoms with E-state index in [1.165, 1.54) is 41.9 Å². The van der Waals surface area contributed by atoms with Gasteiger partial charge in [0.15, 0.2) is 0 Å². The van der Waals surface area contributed by atoms with E-state index in [9.17, 15) is 9.59 Å². The predicted molar refractivity (Wildman–Crippen MR) is 179 cm³/mol. The summed E-state index contributed by atoms with van der Waals surface area (Å²) in [5, 5.41) is 6.51. The molecule has 1 fully saturated rings. The van der Waals surface area contributed by atoms with Gasteiger partial charge in [0.2, 0.25) is 0 Å². The maximum absolute atomic E-state index is 13.2. The summed E-state index contributed by atoms with van der Waals surface area (Å²) in [5.41, 5.74) is 7.46. The van der Waals surface area contributed by atoms with Crippen LogP contribution >= 0.6 is 11.3 Å². The molecule has 43 heavy (non-hydrogen) atoms. The molecule has 6 rings (SSSR count). The van der Waals surface area contributed by atoms with Gasteiger partial charge in [-0.1, -0.05) is 19.1 Å². The van der Waals surface area contributed by atoms with E-state index >= 15 is 0 Å². The van der Waals surface area contributed by atoms with Gasteiger partial charge in [-0.2, -0.15) is 0 Å². The molecule has 1 aliphatic carbocycles. The fraction of sp³-hybridized carbons (Fsp3) is 0.371. The molecule has 2 aromatic heterocycles. The molecule has 7 nitrogen and oxygen atoms in total. The number of thiophene rings is 1. The van der Waals surface area contributed by atoms with E-state index in [0.717, 1.165) is 72.0 Å². The van der Waals surface area contributed by atoms with E-state index < -0.39 is 0 Å². The second-order valence-electron chi connectivity index (χ2n) is 11.8. The fourth-order valence-corrected chi connectivity index (χ4v) is 7.42. The van der Waals surface area contributed by atoms with Crippen molar-refractivity contribution in [3.8, 4) is 11.1 Å². The summed E-state index contributed by atoms with van der Waals surface area (Å²) < 4.78 is 1.61. The Morgan fingerprint density at radius 2 is 1.72 bits per heavy atom. The second kappa shape index (κ2) is 12.8. The molecule has 8 heteroatoms. The number of hydrogen-bond donors (Lipinski definition) is 2. The fourth-order valence-electron chi connectivity index (χ4n) is 6.28. The molecule has 2 aromatic carbocycles. The van der Waals surface area contributed by atoms with Gasteiger partial charge in [-0.3, -0.25) is 14.5 Å². The van der Waals surface area contributed by atoms with Crippen LogP contribution in [0.15, 0.2) is 65.6 Å². The molecule has 1 amide bonds. The number of amides is 1. The molecule has 2 aliphatic rings. The quantitative estimate of drug-likeness (QED) is 0.234. The van der Waals surface area contributed by atoms with E-state index in [0.29, 0.717) is 5.69 Å². The van der Waals surface area contributed by atoms with E-state index in [2.05, 4.69) is 45.6 Å². The lowest BCUT2D eigenvalue weighted by molar-refractivity contribution is 0.103. The predicted octanol–water partition coefficient (Wildman–Crippen LogP) is 6.83. The highest BCUT2D eigenvalue weighted by atomic mass is 32.1. The number of pyridine rings is 1. The monoisotopic (exact) mass is 595 g/mol. The van der Waals surface area contributed by atoms with Crippen LogP contribution in [0.4, 0.5) is 22.7 Å². The van der Waals surface area contributed by atoms with Gasteiger partial charge >= 0.3 is 0 Å². The third-order valence-electron chi connectivity index (χ3n) is 8.72. The lowest BCUT2D eigenvalue weighted by Gasteiger charge is -2.36. The van der Waals surface area contributed by atoms with E-state index in [1.807, 2.05) is 49.5 Å². The molecule has 0 saturated carbocycles. The van der Waals surface area contributed by atoms with Crippen LogP contribution in [-0.2, 0) is 19.9 Å². The molecule has 1 saturated heterocycles. The Morgan fingerprint density at radius 1 is 0.953 bits per heavy atom. The summed E-state index contributed by atoms with van der Waals surface area (Å²) in [6, 6.07) is 18.3. The zero-order valence-corrected chi connectivity index (χ0v) is 26.2. The van der Waals surface area contributed by atoms with Crippen molar-refractivity contribution in [2.75, 3.05) is 48.3 Å². The number of anilines is 4. The molecule has 3 heterocycles. The summed E-state index contributed by atoms with van der Waals surface area (Å²) in [5.74, 6) is -0.0613. The van der Waals surface area contributed by atoms with Crippen molar-refractivity contribution in [3.05, 3.63) is 92.0 Å². The first-order chi connectivity index (χ1) is 20.9. The lowest BCUT2D eigenvalue weighted by atomic mass is 9.99. The van der Waals surface area contributed by atoms with E-state index in [-0.39, 0.29) is 11.5 Å². The number of aromatic nitrogens is 1. The summed E-state index contributed by atoms with van der Waals surface area (Å²) in [4.78, 5) is 33.4. The van der Waals surface area contributed by atoms with Crippen molar-refractivity contribution in [3.63, 3.8) is 0 Å². The lowest BCUT2D eigenvalue weighted by Crippen LogP contribution is -2.46. The van der Waals surface area contributed by atoms with E-state index in [4.69, 9.17) is 0 Å². The highest BCUT2D eigenvalue weighted by molar-refractivity contribution is 7.14. The minimum atomic E-state index is -0.0938. The smallest absolute Gasteiger partial charge is 0.274 e. The Balaban J connectivity index is 1.19. The maximum Gasteiger partial charge on any atom is 0.274 e. The standard InChI is InChI=1S/C35H41N5O2S/c1-4-16-39-17-19-40(20-18-39)28-14-12-27(13-15-28)36-31-21-26(23-38(3)35(31)42)29-9-7-10-30(24(29)2)37-34(41)33-22-25-8-5-6-11-32(25)43-33/h7,9-10,12-15,21-23,36H,4-6,8,11,16-20H2,1-3H3,(H,37,41). The number of carbonyl (C=O) groups excluding carboxylic acids is 1. The molecule has 4 aromatic rings. The maximum atomic E-state index is 13.2. The van der Waals surface area contributed by atoms with Crippen LogP contribution in [0.2, 0.25) is 0 Å². The molecule has 0 atom stereocenters. The van der Waals surface area contributed by atoms with Crippen LogP contribution in [0.5, 0.6) is 0 Å². The molecule has 0 unspecified atom stereocenters. The van der Waals surface area contributed by atoms with Crippen LogP contribution in [0, 0.1) is 6.92 Å². The van der Waals surface area contributed by atoms with Crippen LogP contribution in [-0.4, -0.2) is 48.1 Å². The Bertz CT molecular complexity index is 1640. The van der Waals surface area contributed by atoms with Crippen molar-refractivity contribution in [1.29, 1.82) is 0 Å². The first kappa shape index (κ1) is 29.2. The van der Waals surface area contributed by atoms with Crippen molar-refractivity contribution >= 4 is 40.0 Å². The molecule has 0 spiro atoms. The number of carbonyl (C=O) groups is 1. The zero-order chi connectivity index (χ0) is 29.9. The van der Waals surface area contributed by atoms with Crippen molar-refractivity contribution in [1.82, 2.24) is 9.47 Å². The molecule has 0 bridgehead atoms. The topological polar surface area (TPSA) is 69.6 Å². The largest absolute Gasteiger partial charge is 0.369 e. The Labute approximate surface area is 258 Å². The van der Waals surface area contributed by atoms with Gasteiger partial charge in [-0.15, -0.1) is 11.3 Å².